The van der Waals surface area contributed by atoms with Crippen LogP contribution in [-0.2, 0) is 12.8 Å². The Morgan fingerprint density at radius 1 is 1.14 bits per heavy atom. The molecule has 6 nitrogen and oxygen atoms in total. The number of fused-ring (bicyclic) bond motifs is 8. The van der Waals surface area contributed by atoms with Gasteiger partial charge in [-0.2, -0.15) is 5.10 Å². The molecule has 1 atom stereocenters. The monoisotopic (exact) mass is 444 g/mol. The third kappa shape index (κ3) is 3.23. The summed E-state index contributed by atoms with van der Waals surface area (Å²) in [6, 6.07) is 0. The van der Waals surface area contributed by atoms with E-state index < -0.39 is 0 Å². The fraction of sp³-hybridized carbons (Fsp3) is 0.450. The Kier molecular flexibility index (Phi) is 4.99. The summed E-state index contributed by atoms with van der Waals surface area (Å²) in [5.41, 5.74) is 8.53. The van der Waals surface area contributed by atoms with E-state index in [1.54, 1.807) is 23.5 Å². The van der Waals surface area contributed by atoms with E-state index in [4.69, 9.17) is 0 Å². The first-order valence-electron chi connectivity index (χ1n) is 9.81. The van der Waals surface area contributed by atoms with Crippen LogP contribution < -0.4 is 10.3 Å². The highest BCUT2D eigenvalue weighted by molar-refractivity contribution is 8.14. The number of aryl methyl sites for hydroxylation is 1. The third-order valence-corrected chi connectivity index (χ3v) is 8.78. The van der Waals surface area contributed by atoms with Crippen LogP contribution in [0.2, 0.25) is 0 Å². The predicted molar refractivity (Wildman–Crippen MR) is 124 cm³/mol. The van der Waals surface area contributed by atoms with Crippen molar-refractivity contribution < 1.29 is 0 Å². The van der Waals surface area contributed by atoms with E-state index in [9.17, 15) is 0 Å². The van der Waals surface area contributed by atoms with Crippen molar-refractivity contribution in [1.29, 1.82) is 0 Å². The van der Waals surface area contributed by atoms with Gasteiger partial charge in [0, 0.05) is 21.9 Å². The third-order valence-electron chi connectivity index (χ3n) is 5.14. The molecule has 0 fully saturated rings. The zero-order chi connectivity index (χ0) is 20.1. The van der Waals surface area contributed by atoms with Crippen LogP contribution in [0.5, 0.6) is 0 Å². The number of nitrogens with one attached hydrogen (secondary N) is 1. The molecule has 0 saturated heterocycles. The lowest BCUT2D eigenvalue weighted by Crippen LogP contribution is -2.38. The number of aromatic nitrogens is 3. The fourth-order valence-corrected chi connectivity index (χ4v) is 7.00. The molecule has 3 aliphatic rings. The molecule has 5 rings (SSSR count). The molecule has 29 heavy (non-hydrogen) atoms. The molecule has 0 aromatic carbocycles. The van der Waals surface area contributed by atoms with Gasteiger partial charge >= 0.3 is 0 Å². The van der Waals surface area contributed by atoms with Crippen LogP contribution in [0.1, 0.15) is 48.9 Å². The van der Waals surface area contributed by atoms with E-state index in [0.29, 0.717) is 0 Å². The molecule has 0 saturated carbocycles. The minimum Gasteiger partial charge on any atom is -0.280 e. The first-order valence-corrected chi connectivity index (χ1v) is 12.6. The number of hydrogen-bond acceptors (Lipinski definition) is 8. The summed E-state index contributed by atoms with van der Waals surface area (Å²) in [5.74, 6) is 2.53. The van der Waals surface area contributed by atoms with E-state index >= 15 is 0 Å². The maximum absolute atomic E-state index is 4.68. The fourth-order valence-electron chi connectivity index (χ4n) is 3.92. The van der Waals surface area contributed by atoms with E-state index in [1.165, 1.54) is 40.3 Å². The van der Waals surface area contributed by atoms with Crippen LogP contribution in [0.4, 0.5) is 5.95 Å². The van der Waals surface area contributed by atoms with E-state index in [2.05, 4.69) is 50.3 Å². The standard InChI is InChI=1S/C20H24N6S3/c1-11(2)9-27-19-23-21-16-15-13-7-5-6-8-14(13)29-17(15)26-18(25(16)19)22-24-20(26)28-10-12(3)4/h16,21H,1,3,5-10H2,2,4H3. The van der Waals surface area contributed by atoms with Gasteiger partial charge in [-0.3, -0.25) is 10.3 Å². The normalized spacial score (nSPS) is 19.0. The molecule has 152 valence electrons. The number of nitrogens with zero attached hydrogens (tertiary/aromatic N) is 5. The largest absolute Gasteiger partial charge is 0.280 e. The number of rotatable bonds is 5. The maximum Gasteiger partial charge on any atom is 0.241 e. The molecule has 2 aliphatic heterocycles. The summed E-state index contributed by atoms with van der Waals surface area (Å²) in [5, 5.41) is 17.0. The van der Waals surface area contributed by atoms with Crippen molar-refractivity contribution in [2.45, 2.75) is 50.9 Å². The molecule has 2 aromatic heterocycles. The first kappa shape index (κ1) is 19.3. The Hall–Kier alpha value is -1.71. The predicted octanol–water partition coefficient (Wildman–Crippen LogP) is 4.88. The molecule has 1 aliphatic carbocycles. The Labute approximate surface area is 183 Å². The Bertz CT molecular complexity index is 1030. The molecule has 1 unspecified atom stereocenters. The summed E-state index contributed by atoms with van der Waals surface area (Å²) in [6.45, 7) is 12.2. The summed E-state index contributed by atoms with van der Waals surface area (Å²) in [7, 11) is 0. The van der Waals surface area contributed by atoms with Gasteiger partial charge in [0.25, 0.3) is 0 Å². The summed E-state index contributed by atoms with van der Waals surface area (Å²) >= 11 is 5.31. The lowest BCUT2D eigenvalue weighted by atomic mass is 9.94. The highest BCUT2D eigenvalue weighted by atomic mass is 32.2. The van der Waals surface area contributed by atoms with Crippen molar-refractivity contribution in [3.8, 4) is 5.00 Å². The van der Waals surface area contributed by atoms with Crippen LogP contribution >= 0.6 is 34.9 Å². The second-order valence-corrected chi connectivity index (χ2v) is 10.8. The van der Waals surface area contributed by atoms with E-state index in [-0.39, 0.29) is 6.17 Å². The molecule has 2 aromatic rings. The van der Waals surface area contributed by atoms with Gasteiger partial charge in [-0.05, 0) is 45.1 Å². The minimum absolute atomic E-state index is 0.00594. The van der Waals surface area contributed by atoms with Crippen molar-refractivity contribution >= 4 is 46.0 Å². The molecule has 9 heteroatoms. The van der Waals surface area contributed by atoms with Gasteiger partial charge in [0.15, 0.2) is 16.5 Å². The van der Waals surface area contributed by atoms with Gasteiger partial charge in [0.1, 0.15) is 5.00 Å². The highest BCUT2D eigenvalue weighted by Crippen LogP contribution is 2.49. The smallest absolute Gasteiger partial charge is 0.241 e. The number of amidine groups is 1. The molecule has 0 radical (unpaired) electrons. The van der Waals surface area contributed by atoms with Gasteiger partial charge in [-0.25, -0.2) is 4.57 Å². The van der Waals surface area contributed by atoms with Crippen molar-refractivity contribution in [1.82, 2.24) is 20.2 Å². The lowest BCUT2D eigenvalue weighted by molar-refractivity contribution is 0.576. The summed E-state index contributed by atoms with van der Waals surface area (Å²) in [4.78, 5) is 3.73. The molecule has 1 N–H and O–H groups in total. The average molecular weight is 445 g/mol. The Morgan fingerprint density at radius 3 is 2.69 bits per heavy atom. The van der Waals surface area contributed by atoms with Crippen molar-refractivity contribution in [3.63, 3.8) is 0 Å². The van der Waals surface area contributed by atoms with Gasteiger partial charge in [0.2, 0.25) is 5.95 Å². The van der Waals surface area contributed by atoms with Crippen molar-refractivity contribution in [2.24, 2.45) is 5.10 Å². The van der Waals surface area contributed by atoms with Crippen molar-refractivity contribution in [3.05, 3.63) is 40.3 Å². The van der Waals surface area contributed by atoms with Crippen LogP contribution in [0.15, 0.2) is 34.6 Å². The number of hydrazone groups is 1. The molecule has 0 bridgehead atoms. The van der Waals surface area contributed by atoms with Crippen LogP contribution in [-0.4, -0.2) is 31.4 Å². The van der Waals surface area contributed by atoms with Crippen LogP contribution in [0.25, 0.3) is 5.00 Å². The molecule has 0 spiro atoms. The van der Waals surface area contributed by atoms with Crippen molar-refractivity contribution in [2.75, 3.05) is 16.4 Å². The molecule has 4 heterocycles. The number of thiophene rings is 1. The Balaban J connectivity index is 1.62. The first-order chi connectivity index (χ1) is 14.0. The molecular formula is C20H24N6S3. The second kappa shape index (κ2) is 7.52. The average Bonchev–Trinajstić information content (AvgIpc) is 3.38. The second-order valence-electron chi connectivity index (χ2n) is 7.84. The number of anilines is 1. The minimum atomic E-state index is 0.00594. The van der Waals surface area contributed by atoms with Crippen LogP contribution in [0.3, 0.4) is 0 Å². The summed E-state index contributed by atoms with van der Waals surface area (Å²) < 4.78 is 2.24. The van der Waals surface area contributed by atoms with Gasteiger partial charge in [-0.1, -0.05) is 47.8 Å². The topological polar surface area (TPSA) is 58.3 Å². The van der Waals surface area contributed by atoms with Gasteiger partial charge in [-0.15, -0.1) is 21.5 Å². The zero-order valence-corrected chi connectivity index (χ0v) is 19.1. The SMILES string of the molecule is C=C(C)CSC1=NNC2c3c(sc4c3CCCC4)-n3c(SCC(=C)C)nnc3N12. The molecular weight excluding hydrogens is 420 g/mol. The number of hydrogen-bond donors (Lipinski definition) is 1. The Morgan fingerprint density at radius 2 is 1.90 bits per heavy atom. The number of thioether (sulfide) groups is 2. The summed E-state index contributed by atoms with van der Waals surface area (Å²) in [6.07, 6.45) is 4.85. The maximum atomic E-state index is 4.68. The lowest BCUT2D eigenvalue weighted by Gasteiger charge is -2.32. The molecule has 0 amide bonds. The quantitative estimate of drug-likeness (QED) is 0.524. The van der Waals surface area contributed by atoms with E-state index in [1.807, 2.05) is 18.3 Å². The highest BCUT2D eigenvalue weighted by Gasteiger charge is 2.44. The van der Waals surface area contributed by atoms with E-state index in [0.717, 1.165) is 45.3 Å². The zero-order valence-electron chi connectivity index (χ0n) is 16.7. The van der Waals surface area contributed by atoms with Crippen LogP contribution in [0, 0.1) is 0 Å². The van der Waals surface area contributed by atoms with Gasteiger partial charge in [0.05, 0.1) is 0 Å². The van der Waals surface area contributed by atoms with Gasteiger partial charge < -0.3 is 0 Å².